The van der Waals surface area contributed by atoms with Gasteiger partial charge in [-0.2, -0.15) is 4.98 Å². The normalized spacial score (nSPS) is 10.4. The second kappa shape index (κ2) is 5.31. The van der Waals surface area contributed by atoms with Crippen molar-refractivity contribution in [1.29, 1.82) is 0 Å². The first-order valence-corrected chi connectivity index (χ1v) is 6.52. The molecule has 0 fully saturated rings. The third-order valence-corrected chi connectivity index (χ3v) is 3.18. The van der Waals surface area contributed by atoms with Crippen molar-refractivity contribution in [1.82, 2.24) is 9.55 Å². The molecular weight excluding hydrogens is 272 g/mol. The largest absolute Gasteiger partial charge is 0.352 e. The van der Waals surface area contributed by atoms with E-state index in [2.05, 4.69) is 4.98 Å². The molecule has 2 aromatic carbocycles. The van der Waals surface area contributed by atoms with Crippen LogP contribution in [0.25, 0.3) is 16.8 Å². The highest BCUT2D eigenvalue weighted by Gasteiger charge is 2.04. The minimum absolute atomic E-state index is 0.348. The molecule has 0 spiro atoms. The smallest absolute Gasteiger partial charge is 0.266 e. The van der Waals surface area contributed by atoms with E-state index >= 15 is 0 Å². The van der Waals surface area contributed by atoms with Gasteiger partial charge in [-0.3, -0.25) is 4.57 Å². The molecule has 0 aliphatic heterocycles. The summed E-state index contributed by atoms with van der Waals surface area (Å²) in [5, 5.41) is 0.426. The number of hydrogen-bond donors (Lipinski definition) is 0. The average molecular weight is 283 g/mol. The minimum Gasteiger partial charge on any atom is -0.266 e. The van der Waals surface area contributed by atoms with Crippen LogP contribution in [0.1, 0.15) is 0 Å². The van der Waals surface area contributed by atoms with E-state index in [0.29, 0.717) is 5.02 Å². The van der Waals surface area contributed by atoms with Gasteiger partial charge in [-0.05, 0) is 23.3 Å². The summed E-state index contributed by atoms with van der Waals surface area (Å²) in [6, 6.07) is 17.7. The van der Waals surface area contributed by atoms with Crippen LogP contribution in [0.3, 0.4) is 0 Å². The Labute approximate surface area is 121 Å². The van der Waals surface area contributed by atoms with Gasteiger partial charge in [0.2, 0.25) is 0 Å². The first-order valence-electron chi connectivity index (χ1n) is 6.14. The fourth-order valence-corrected chi connectivity index (χ4v) is 2.19. The summed E-state index contributed by atoms with van der Waals surface area (Å²) in [4.78, 5) is 15.5. The Morgan fingerprint density at radius 3 is 2.50 bits per heavy atom. The topological polar surface area (TPSA) is 34.9 Å². The van der Waals surface area contributed by atoms with E-state index in [1.165, 1.54) is 10.8 Å². The van der Waals surface area contributed by atoms with Crippen LogP contribution >= 0.6 is 11.6 Å². The van der Waals surface area contributed by atoms with Crippen molar-refractivity contribution in [3.8, 4) is 16.8 Å². The van der Waals surface area contributed by atoms with Crippen LogP contribution in [0.4, 0.5) is 0 Å². The van der Waals surface area contributed by atoms with Gasteiger partial charge in [0.05, 0.1) is 16.9 Å². The molecule has 0 atom stereocenters. The van der Waals surface area contributed by atoms with Gasteiger partial charge in [-0.25, -0.2) is 4.79 Å². The lowest BCUT2D eigenvalue weighted by atomic mass is 10.1. The molecule has 3 aromatic rings. The predicted octanol–water partition coefficient (Wildman–Crippen LogP) is 3.55. The molecule has 98 valence electrons. The molecule has 0 saturated carbocycles. The molecule has 0 radical (unpaired) electrons. The third-order valence-electron chi connectivity index (χ3n) is 2.99. The van der Waals surface area contributed by atoms with E-state index in [0.717, 1.165) is 16.8 Å². The lowest BCUT2D eigenvalue weighted by molar-refractivity contribution is 0.915. The summed E-state index contributed by atoms with van der Waals surface area (Å²) >= 11 is 5.90. The summed E-state index contributed by atoms with van der Waals surface area (Å²) in [5.41, 5.74) is 2.53. The van der Waals surface area contributed by atoms with Crippen LogP contribution in [0.2, 0.25) is 5.02 Å². The van der Waals surface area contributed by atoms with Crippen LogP contribution < -0.4 is 5.69 Å². The van der Waals surface area contributed by atoms with Gasteiger partial charge in [0.15, 0.2) is 0 Å². The fraction of sp³-hybridized carbons (Fsp3) is 0. The minimum atomic E-state index is -0.348. The highest BCUT2D eigenvalue weighted by Crippen LogP contribution is 2.21. The van der Waals surface area contributed by atoms with Gasteiger partial charge in [-0.1, -0.05) is 54.1 Å². The lowest BCUT2D eigenvalue weighted by Gasteiger charge is -2.08. The van der Waals surface area contributed by atoms with Crippen molar-refractivity contribution in [2.75, 3.05) is 0 Å². The number of aromatic nitrogens is 2. The fourth-order valence-electron chi connectivity index (χ4n) is 2.04. The van der Waals surface area contributed by atoms with Crippen LogP contribution in [0.5, 0.6) is 0 Å². The van der Waals surface area contributed by atoms with E-state index in [9.17, 15) is 4.79 Å². The molecule has 4 heteroatoms. The average Bonchev–Trinajstić information content (AvgIpc) is 2.51. The summed E-state index contributed by atoms with van der Waals surface area (Å²) in [6.45, 7) is 0. The van der Waals surface area contributed by atoms with Gasteiger partial charge >= 0.3 is 5.69 Å². The summed E-state index contributed by atoms with van der Waals surface area (Å²) in [6.07, 6.45) is 2.92. The molecule has 1 heterocycles. The Kier molecular flexibility index (Phi) is 3.35. The van der Waals surface area contributed by atoms with E-state index < -0.39 is 0 Å². The maximum Gasteiger partial charge on any atom is 0.352 e. The van der Waals surface area contributed by atoms with Crippen molar-refractivity contribution in [2.24, 2.45) is 0 Å². The Hall–Kier alpha value is -2.39. The SMILES string of the molecule is O=c1ncc(Cl)cn1-c1cccc(-c2ccccc2)c1. The van der Waals surface area contributed by atoms with Gasteiger partial charge in [0.1, 0.15) is 0 Å². The van der Waals surface area contributed by atoms with Crippen LogP contribution in [0, 0.1) is 0 Å². The number of hydrogen-bond acceptors (Lipinski definition) is 2. The number of halogens is 1. The second-order valence-corrected chi connectivity index (χ2v) is 4.78. The first-order chi connectivity index (χ1) is 9.74. The standard InChI is InChI=1S/C16H11ClN2O/c17-14-10-18-16(20)19(11-14)15-8-4-7-13(9-15)12-5-2-1-3-6-12/h1-11H. The second-order valence-electron chi connectivity index (χ2n) is 4.34. The zero-order valence-corrected chi connectivity index (χ0v) is 11.3. The summed E-state index contributed by atoms with van der Waals surface area (Å²) < 4.78 is 1.44. The van der Waals surface area contributed by atoms with Crippen LogP contribution in [-0.2, 0) is 0 Å². The van der Waals surface area contributed by atoms with Crippen molar-refractivity contribution < 1.29 is 0 Å². The summed E-state index contributed by atoms with van der Waals surface area (Å²) in [7, 11) is 0. The van der Waals surface area contributed by atoms with Crippen LogP contribution in [-0.4, -0.2) is 9.55 Å². The van der Waals surface area contributed by atoms with Gasteiger partial charge in [0.25, 0.3) is 0 Å². The molecule has 0 N–H and O–H groups in total. The van der Waals surface area contributed by atoms with E-state index in [1.54, 1.807) is 6.20 Å². The zero-order valence-electron chi connectivity index (χ0n) is 10.5. The molecule has 0 saturated heterocycles. The molecule has 0 unspecified atom stereocenters. The first kappa shape index (κ1) is 12.6. The molecule has 20 heavy (non-hydrogen) atoms. The van der Waals surface area contributed by atoms with Gasteiger partial charge < -0.3 is 0 Å². The predicted molar refractivity (Wildman–Crippen MR) is 80.3 cm³/mol. The molecular formula is C16H11ClN2O. The molecule has 3 rings (SSSR count). The highest BCUT2D eigenvalue weighted by molar-refractivity contribution is 6.30. The summed E-state index contributed by atoms with van der Waals surface area (Å²) in [5.74, 6) is 0. The van der Waals surface area contributed by atoms with Crippen molar-refractivity contribution in [3.63, 3.8) is 0 Å². The Morgan fingerprint density at radius 1 is 0.950 bits per heavy atom. The Bertz CT molecular complexity index is 797. The molecule has 0 amide bonds. The Morgan fingerprint density at radius 2 is 1.70 bits per heavy atom. The molecule has 0 aliphatic carbocycles. The van der Waals surface area contributed by atoms with Crippen molar-refractivity contribution in [2.45, 2.75) is 0 Å². The van der Waals surface area contributed by atoms with Crippen molar-refractivity contribution in [3.05, 3.63) is 82.5 Å². The number of nitrogens with zero attached hydrogens (tertiary/aromatic N) is 2. The maximum absolute atomic E-state index is 11.8. The number of rotatable bonds is 2. The quantitative estimate of drug-likeness (QED) is 0.720. The molecule has 1 aromatic heterocycles. The zero-order chi connectivity index (χ0) is 13.9. The highest BCUT2D eigenvalue weighted by atomic mass is 35.5. The Balaban J connectivity index is 2.13. The van der Waals surface area contributed by atoms with E-state index in [4.69, 9.17) is 11.6 Å². The lowest BCUT2D eigenvalue weighted by Crippen LogP contribution is -2.20. The van der Waals surface area contributed by atoms with Gasteiger partial charge in [0, 0.05) is 6.20 Å². The number of benzene rings is 2. The van der Waals surface area contributed by atoms with E-state index in [1.807, 2.05) is 54.6 Å². The van der Waals surface area contributed by atoms with Gasteiger partial charge in [-0.15, -0.1) is 0 Å². The maximum atomic E-state index is 11.8. The molecule has 3 nitrogen and oxygen atoms in total. The van der Waals surface area contributed by atoms with E-state index in [-0.39, 0.29) is 5.69 Å². The molecule has 0 bridgehead atoms. The van der Waals surface area contributed by atoms with Crippen molar-refractivity contribution >= 4 is 11.6 Å². The third kappa shape index (κ3) is 2.49. The van der Waals surface area contributed by atoms with Crippen LogP contribution in [0.15, 0.2) is 71.8 Å². The monoisotopic (exact) mass is 282 g/mol. The molecule has 0 aliphatic rings.